The van der Waals surface area contributed by atoms with Crippen LogP contribution in [-0.4, -0.2) is 15.9 Å². The zero-order chi connectivity index (χ0) is 12.4. The zero-order valence-electron chi connectivity index (χ0n) is 8.72. The Morgan fingerprint density at radius 2 is 2.18 bits per heavy atom. The van der Waals surface area contributed by atoms with Crippen LogP contribution in [0.25, 0.3) is 11.3 Å². The van der Waals surface area contributed by atoms with Crippen LogP contribution >= 0.6 is 0 Å². The summed E-state index contributed by atoms with van der Waals surface area (Å²) in [6.07, 6.45) is 3.01. The maximum atomic E-state index is 13.7. The van der Waals surface area contributed by atoms with Crippen molar-refractivity contribution in [3.05, 3.63) is 42.0 Å². The molecule has 2 aromatic heterocycles. The third-order valence-electron chi connectivity index (χ3n) is 2.21. The van der Waals surface area contributed by atoms with E-state index in [0.29, 0.717) is 5.56 Å². The van der Waals surface area contributed by atoms with Gasteiger partial charge in [-0.1, -0.05) is 0 Å². The molecule has 2 rings (SSSR count). The van der Waals surface area contributed by atoms with E-state index in [0.717, 1.165) is 6.07 Å². The van der Waals surface area contributed by atoms with Crippen molar-refractivity contribution >= 4 is 11.7 Å². The molecule has 0 saturated heterocycles. The molecule has 2 aromatic rings. The first-order valence-electron chi connectivity index (χ1n) is 4.76. The van der Waals surface area contributed by atoms with Crippen molar-refractivity contribution < 1.29 is 9.18 Å². The van der Waals surface area contributed by atoms with Crippen molar-refractivity contribution in [1.82, 2.24) is 9.97 Å². The normalized spacial score (nSPS) is 10.2. The number of aromatic nitrogens is 2. The molecule has 0 aliphatic rings. The van der Waals surface area contributed by atoms with Crippen LogP contribution in [0.3, 0.4) is 0 Å². The van der Waals surface area contributed by atoms with E-state index in [-0.39, 0.29) is 17.1 Å². The standard InChI is InChI=1S/C11H9FN4O/c12-8-4-7(11(14)17)10(13)16-9(8)6-2-1-3-15-5-6/h1-5H,(H2,13,16)(H2,14,17). The van der Waals surface area contributed by atoms with Crippen LogP contribution in [0.2, 0.25) is 0 Å². The Morgan fingerprint density at radius 1 is 1.41 bits per heavy atom. The highest BCUT2D eigenvalue weighted by Gasteiger charge is 2.14. The summed E-state index contributed by atoms with van der Waals surface area (Å²) in [6, 6.07) is 4.27. The molecule has 0 spiro atoms. The molecule has 86 valence electrons. The fourth-order valence-electron chi connectivity index (χ4n) is 1.41. The molecule has 0 aromatic carbocycles. The Labute approximate surface area is 96.3 Å². The Balaban J connectivity index is 2.58. The first kappa shape index (κ1) is 11.0. The molecule has 0 aliphatic carbocycles. The predicted octanol–water partition coefficient (Wildman–Crippen LogP) is 0.964. The summed E-state index contributed by atoms with van der Waals surface area (Å²) < 4.78 is 13.7. The number of anilines is 1. The fourth-order valence-corrected chi connectivity index (χ4v) is 1.41. The summed E-state index contributed by atoms with van der Waals surface area (Å²) in [5.74, 6) is -1.58. The second kappa shape index (κ2) is 4.17. The molecule has 17 heavy (non-hydrogen) atoms. The Kier molecular flexibility index (Phi) is 2.70. The first-order valence-corrected chi connectivity index (χ1v) is 4.76. The van der Waals surface area contributed by atoms with E-state index in [1.165, 1.54) is 6.20 Å². The van der Waals surface area contributed by atoms with Crippen LogP contribution in [0.15, 0.2) is 30.6 Å². The number of pyridine rings is 2. The fraction of sp³-hybridized carbons (Fsp3) is 0. The van der Waals surface area contributed by atoms with Gasteiger partial charge in [-0.05, 0) is 18.2 Å². The van der Waals surface area contributed by atoms with E-state index in [2.05, 4.69) is 9.97 Å². The molecule has 0 saturated carbocycles. The van der Waals surface area contributed by atoms with Crippen molar-refractivity contribution in [2.75, 3.05) is 5.73 Å². The van der Waals surface area contributed by atoms with Gasteiger partial charge in [-0.2, -0.15) is 0 Å². The minimum absolute atomic E-state index is 0.0422. The number of hydrogen-bond acceptors (Lipinski definition) is 4. The average Bonchev–Trinajstić information content (AvgIpc) is 2.32. The molecule has 0 aliphatic heterocycles. The largest absolute Gasteiger partial charge is 0.383 e. The Hall–Kier alpha value is -2.50. The molecule has 2 heterocycles. The lowest BCUT2D eigenvalue weighted by Crippen LogP contribution is -2.15. The van der Waals surface area contributed by atoms with Gasteiger partial charge in [0, 0.05) is 18.0 Å². The molecule has 0 fully saturated rings. The van der Waals surface area contributed by atoms with Crippen LogP contribution in [0, 0.1) is 5.82 Å². The van der Waals surface area contributed by atoms with Gasteiger partial charge in [-0.3, -0.25) is 9.78 Å². The zero-order valence-corrected chi connectivity index (χ0v) is 8.72. The summed E-state index contributed by atoms with van der Waals surface area (Å²) in [4.78, 5) is 18.6. The number of nitrogens with two attached hydrogens (primary N) is 2. The van der Waals surface area contributed by atoms with Crippen molar-refractivity contribution in [1.29, 1.82) is 0 Å². The number of primary amides is 1. The molecular weight excluding hydrogens is 223 g/mol. The molecule has 5 nitrogen and oxygen atoms in total. The van der Waals surface area contributed by atoms with E-state index in [1.54, 1.807) is 18.3 Å². The molecule has 0 atom stereocenters. The topological polar surface area (TPSA) is 94.9 Å². The number of nitrogen functional groups attached to an aromatic ring is 1. The number of halogens is 1. The average molecular weight is 232 g/mol. The number of carbonyl (C=O) groups excluding carboxylic acids is 1. The van der Waals surface area contributed by atoms with Gasteiger partial charge in [-0.15, -0.1) is 0 Å². The summed E-state index contributed by atoms with van der Waals surface area (Å²) in [5.41, 5.74) is 11.0. The maximum Gasteiger partial charge on any atom is 0.252 e. The van der Waals surface area contributed by atoms with E-state index < -0.39 is 11.7 Å². The van der Waals surface area contributed by atoms with Crippen LogP contribution in [-0.2, 0) is 0 Å². The molecule has 0 radical (unpaired) electrons. The molecule has 1 amide bonds. The Morgan fingerprint density at radius 3 is 2.76 bits per heavy atom. The number of rotatable bonds is 2. The van der Waals surface area contributed by atoms with Gasteiger partial charge in [0.05, 0.1) is 5.56 Å². The van der Waals surface area contributed by atoms with Crippen molar-refractivity contribution in [3.63, 3.8) is 0 Å². The maximum absolute atomic E-state index is 13.7. The van der Waals surface area contributed by atoms with E-state index in [4.69, 9.17) is 11.5 Å². The minimum atomic E-state index is -0.813. The quantitative estimate of drug-likeness (QED) is 0.806. The van der Waals surface area contributed by atoms with Gasteiger partial charge in [0.25, 0.3) is 5.91 Å². The highest BCUT2D eigenvalue weighted by atomic mass is 19.1. The second-order valence-corrected chi connectivity index (χ2v) is 3.36. The van der Waals surface area contributed by atoms with E-state index in [9.17, 15) is 9.18 Å². The van der Waals surface area contributed by atoms with Crippen LogP contribution < -0.4 is 11.5 Å². The third-order valence-corrected chi connectivity index (χ3v) is 2.21. The lowest BCUT2D eigenvalue weighted by Gasteiger charge is -2.06. The second-order valence-electron chi connectivity index (χ2n) is 3.36. The minimum Gasteiger partial charge on any atom is -0.383 e. The van der Waals surface area contributed by atoms with Gasteiger partial charge in [0.2, 0.25) is 0 Å². The number of carbonyl (C=O) groups is 1. The number of nitrogens with zero attached hydrogens (tertiary/aromatic N) is 2. The van der Waals surface area contributed by atoms with Crippen molar-refractivity contribution in [2.24, 2.45) is 5.73 Å². The van der Waals surface area contributed by atoms with Gasteiger partial charge < -0.3 is 11.5 Å². The summed E-state index contributed by atoms with van der Waals surface area (Å²) in [6.45, 7) is 0. The van der Waals surface area contributed by atoms with Crippen molar-refractivity contribution in [2.45, 2.75) is 0 Å². The van der Waals surface area contributed by atoms with Gasteiger partial charge >= 0.3 is 0 Å². The Bertz CT molecular complexity index is 571. The number of hydrogen-bond donors (Lipinski definition) is 2. The summed E-state index contributed by atoms with van der Waals surface area (Å²) >= 11 is 0. The molecular formula is C11H9FN4O. The smallest absolute Gasteiger partial charge is 0.252 e. The molecule has 0 bridgehead atoms. The lowest BCUT2D eigenvalue weighted by molar-refractivity contribution is 0.100. The first-order chi connectivity index (χ1) is 8.09. The van der Waals surface area contributed by atoms with E-state index >= 15 is 0 Å². The highest BCUT2D eigenvalue weighted by molar-refractivity contribution is 5.97. The number of amides is 1. The molecule has 0 unspecified atom stereocenters. The molecule has 4 N–H and O–H groups in total. The highest BCUT2D eigenvalue weighted by Crippen LogP contribution is 2.22. The van der Waals surface area contributed by atoms with Crippen LogP contribution in [0.4, 0.5) is 10.2 Å². The van der Waals surface area contributed by atoms with Crippen LogP contribution in [0.5, 0.6) is 0 Å². The lowest BCUT2D eigenvalue weighted by atomic mass is 10.1. The third kappa shape index (κ3) is 2.05. The van der Waals surface area contributed by atoms with Crippen LogP contribution in [0.1, 0.15) is 10.4 Å². The van der Waals surface area contributed by atoms with Gasteiger partial charge in [0.1, 0.15) is 17.3 Å². The molecule has 6 heteroatoms. The monoisotopic (exact) mass is 232 g/mol. The van der Waals surface area contributed by atoms with Crippen molar-refractivity contribution in [3.8, 4) is 11.3 Å². The summed E-state index contributed by atoms with van der Waals surface area (Å²) in [7, 11) is 0. The van der Waals surface area contributed by atoms with Gasteiger partial charge in [-0.25, -0.2) is 9.37 Å². The summed E-state index contributed by atoms with van der Waals surface area (Å²) in [5, 5.41) is 0. The predicted molar refractivity (Wildman–Crippen MR) is 60.4 cm³/mol. The van der Waals surface area contributed by atoms with E-state index in [1.807, 2.05) is 0 Å². The SMILES string of the molecule is NC(=O)c1cc(F)c(-c2cccnc2)nc1N. The van der Waals surface area contributed by atoms with Gasteiger partial charge in [0.15, 0.2) is 0 Å².